The molecule has 0 spiro atoms. The van der Waals surface area contributed by atoms with Crippen molar-refractivity contribution >= 4 is 0 Å². The topological polar surface area (TPSA) is 21.3 Å². The molecule has 2 nitrogen and oxygen atoms in total. The first-order chi connectivity index (χ1) is 9.65. The van der Waals surface area contributed by atoms with E-state index >= 15 is 0 Å². The van der Waals surface area contributed by atoms with Crippen molar-refractivity contribution in [2.75, 3.05) is 13.1 Å². The van der Waals surface area contributed by atoms with Crippen LogP contribution in [0.4, 0.5) is 0 Å². The Bertz CT molecular complexity index is 345. The molecule has 0 aliphatic heterocycles. The van der Waals surface area contributed by atoms with Crippen LogP contribution in [0.5, 0.6) is 5.75 Å². The summed E-state index contributed by atoms with van der Waals surface area (Å²) in [6.07, 6.45) is 4.87. The number of benzene rings is 1. The van der Waals surface area contributed by atoms with E-state index in [1.807, 2.05) is 0 Å². The van der Waals surface area contributed by atoms with Gasteiger partial charge in [-0.05, 0) is 43.0 Å². The van der Waals surface area contributed by atoms with Crippen LogP contribution in [0.3, 0.4) is 0 Å². The Kier molecular flexibility index (Phi) is 8.36. The van der Waals surface area contributed by atoms with Gasteiger partial charge in [0.1, 0.15) is 11.9 Å². The number of rotatable bonds is 10. The van der Waals surface area contributed by atoms with Crippen LogP contribution in [0.1, 0.15) is 52.5 Å². The van der Waals surface area contributed by atoms with Gasteiger partial charge in [-0.25, -0.2) is 0 Å². The quantitative estimate of drug-likeness (QED) is 0.683. The Morgan fingerprint density at radius 1 is 1.00 bits per heavy atom. The lowest BCUT2D eigenvalue weighted by Gasteiger charge is -2.20. The fourth-order valence-electron chi connectivity index (χ4n) is 2.27. The van der Waals surface area contributed by atoms with Crippen molar-refractivity contribution in [2.45, 2.75) is 59.5 Å². The first kappa shape index (κ1) is 17.0. The summed E-state index contributed by atoms with van der Waals surface area (Å²) in [5, 5.41) is 3.50. The summed E-state index contributed by atoms with van der Waals surface area (Å²) in [5.41, 5.74) is 1.39. The SMILES string of the molecule is CCCc1ccc(OC(CCC)CNCC(C)C)cc1. The molecule has 20 heavy (non-hydrogen) atoms. The fraction of sp³-hybridized carbons (Fsp3) is 0.667. The van der Waals surface area contributed by atoms with E-state index in [0.717, 1.165) is 38.1 Å². The molecule has 1 N–H and O–H groups in total. The van der Waals surface area contributed by atoms with Crippen LogP contribution in [-0.2, 0) is 6.42 Å². The molecule has 1 rings (SSSR count). The second-order valence-electron chi connectivity index (χ2n) is 5.97. The summed E-state index contributed by atoms with van der Waals surface area (Å²) in [7, 11) is 0. The van der Waals surface area contributed by atoms with E-state index in [1.54, 1.807) is 0 Å². The highest BCUT2D eigenvalue weighted by molar-refractivity contribution is 5.27. The molecule has 1 atom stereocenters. The van der Waals surface area contributed by atoms with Gasteiger partial charge >= 0.3 is 0 Å². The van der Waals surface area contributed by atoms with E-state index in [-0.39, 0.29) is 6.10 Å². The molecular weight excluding hydrogens is 246 g/mol. The molecule has 2 heteroatoms. The summed E-state index contributed by atoms with van der Waals surface area (Å²) in [6.45, 7) is 10.9. The lowest BCUT2D eigenvalue weighted by atomic mass is 10.1. The van der Waals surface area contributed by atoms with Gasteiger partial charge in [0, 0.05) is 6.54 Å². The van der Waals surface area contributed by atoms with E-state index in [1.165, 1.54) is 12.0 Å². The van der Waals surface area contributed by atoms with Crippen molar-refractivity contribution < 1.29 is 4.74 Å². The molecule has 0 amide bonds. The van der Waals surface area contributed by atoms with Gasteiger partial charge in [-0.15, -0.1) is 0 Å². The normalized spacial score (nSPS) is 12.7. The molecule has 1 unspecified atom stereocenters. The van der Waals surface area contributed by atoms with Gasteiger partial charge in [-0.1, -0.05) is 52.7 Å². The van der Waals surface area contributed by atoms with E-state index in [4.69, 9.17) is 4.74 Å². The monoisotopic (exact) mass is 277 g/mol. The van der Waals surface area contributed by atoms with E-state index < -0.39 is 0 Å². The second-order valence-corrected chi connectivity index (χ2v) is 5.97. The average molecular weight is 277 g/mol. The van der Waals surface area contributed by atoms with Crippen molar-refractivity contribution in [2.24, 2.45) is 5.92 Å². The Balaban J connectivity index is 2.47. The predicted molar refractivity (Wildman–Crippen MR) is 87.5 cm³/mol. The fourth-order valence-corrected chi connectivity index (χ4v) is 2.27. The van der Waals surface area contributed by atoms with Gasteiger partial charge in [-0.2, -0.15) is 0 Å². The molecule has 0 aromatic heterocycles. The molecule has 0 heterocycles. The highest BCUT2D eigenvalue weighted by Gasteiger charge is 2.09. The second kappa shape index (κ2) is 9.82. The third-order valence-electron chi connectivity index (χ3n) is 3.30. The van der Waals surface area contributed by atoms with Crippen molar-refractivity contribution in [1.29, 1.82) is 0 Å². The first-order valence-electron chi connectivity index (χ1n) is 8.12. The Hall–Kier alpha value is -1.02. The van der Waals surface area contributed by atoms with Crippen LogP contribution in [0, 0.1) is 5.92 Å². The van der Waals surface area contributed by atoms with Crippen molar-refractivity contribution in [3.8, 4) is 5.75 Å². The van der Waals surface area contributed by atoms with Gasteiger partial charge in [0.05, 0.1) is 0 Å². The maximum Gasteiger partial charge on any atom is 0.119 e. The molecule has 0 aliphatic rings. The summed E-state index contributed by atoms with van der Waals surface area (Å²) in [4.78, 5) is 0. The Labute approximate surface area is 124 Å². The minimum absolute atomic E-state index is 0.274. The van der Waals surface area contributed by atoms with E-state index in [2.05, 4.69) is 57.3 Å². The predicted octanol–water partition coefficient (Wildman–Crippen LogP) is 4.43. The molecule has 0 saturated heterocycles. The smallest absolute Gasteiger partial charge is 0.119 e. The molecule has 0 fully saturated rings. The zero-order chi connectivity index (χ0) is 14.8. The van der Waals surface area contributed by atoms with Gasteiger partial charge < -0.3 is 10.1 Å². The molecule has 114 valence electrons. The summed E-state index contributed by atoms with van der Waals surface area (Å²) >= 11 is 0. The van der Waals surface area contributed by atoms with Gasteiger partial charge in [0.15, 0.2) is 0 Å². The number of aryl methyl sites for hydroxylation is 1. The highest BCUT2D eigenvalue weighted by atomic mass is 16.5. The molecular formula is C18H31NO. The van der Waals surface area contributed by atoms with Crippen LogP contribution in [0.15, 0.2) is 24.3 Å². The Morgan fingerprint density at radius 2 is 1.70 bits per heavy atom. The number of nitrogens with one attached hydrogen (secondary N) is 1. The van der Waals surface area contributed by atoms with Crippen LogP contribution >= 0.6 is 0 Å². The molecule has 0 aliphatic carbocycles. The van der Waals surface area contributed by atoms with Gasteiger partial charge in [0.25, 0.3) is 0 Å². The summed E-state index contributed by atoms with van der Waals surface area (Å²) < 4.78 is 6.11. The van der Waals surface area contributed by atoms with Gasteiger partial charge in [-0.3, -0.25) is 0 Å². The van der Waals surface area contributed by atoms with Crippen LogP contribution in [0.25, 0.3) is 0 Å². The van der Waals surface area contributed by atoms with E-state index in [9.17, 15) is 0 Å². The standard InChI is InChI=1S/C18H31NO/c1-5-7-16-9-11-17(12-10-16)20-18(8-6-2)14-19-13-15(3)4/h9-12,15,18-19H,5-8,13-14H2,1-4H3. The van der Waals surface area contributed by atoms with Crippen molar-refractivity contribution in [1.82, 2.24) is 5.32 Å². The molecule has 0 saturated carbocycles. The average Bonchev–Trinajstić information content (AvgIpc) is 2.41. The molecule has 1 aromatic carbocycles. The van der Waals surface area contributed by atoms with Crippen LogP contribution < -0.4 is 10.1 Å². The summed E-state index contributed by atoms with van der Waals surface area (Å²) in [5.74, 6) is 1.68. The van der Waals surface area contributed by atoms with Crippen LogP contribution in [0.2, 0.25) is 0 Å². The molecule has 1 aromatic rings. The number of ether oxygens (including phenoxy) is 1. The number of hydrogen-bond donors (Lipinski definition) is 1. The third-order valence-corrected chi connectivity index (χ3v) is 3.30. The lowest BCUT2D eigenvalue weighted by Crippen LogP contribution is -2.33. The zero-order valence-electron chi connectivity index (χ0n) is 13.6. The van der Waals surface area contributed by atoms with Crippen LogP contribution in [-0.4, -0.2) is 19.2 Å². The maximum absolute atomic E-state index is 6.11. The zero-order valence-corrected chi connectivity index (χ0v) is 13.6. The lowest BCUT2D eigenvalue weighted by molar-refractivity contribution is 0.185. The Morgan fingerprint density at radius 3 is 2.25 bits per heavy atom. The van der Waals surface area contributed by atoms with Crippen molar-refractivity contribution in [3.63, 3.8) is 0 Å². The third kappa shape index (κ3) is 6.95. The summed E-state index contributed by atoms with van der Waals surface area (Å²) in [6, 6.07) is 8.58. The first-order valence-corrected chi connectivity index (χ1v) is 8.12. The minimum atomic E-state index is 0.274. The van der Waals surface area contributed by atoms with E-state index in [0.29, 0.717) is 5.92 Å². The minimum Gasteiger partial charge on any atom is -0.489 e. The van der Waals surface area contributed by atoms with Gasteiger partial charge in [0.2, 0.25) is 0 Å². The largest absolute Gasteiger partial charge is 0.489 e. The highest BCUT2D eigenvalue weighted by Crippen LogP contribution is 2.16. The molecule has 0 radical (unpaired) electrons. The number of hydrogen-bond acceptors (Lipinski definition) is 2. The van der Waals surface area contributed by atoms with Crippen molar-refractivity contribution in [3.05, 3.63) is 29.8 Å². The maximum atomic E-state index is 6.11. The molecule has 0 bridgehead atoms.